The molecule has 0 saturated carbocycles. The Labute approximate surface area is 779 Å². The van der Waals surface area contributed by atoms with Crippen molar-refractivity contribution in [2.75, 3.05) is 66.1 Å². The SMILES string of the molecule is CC(=O)N[C@@H]1[C@@H](O)[C@H](O[C@@H]2O[C@H](CO)[C@@H](O[C@@H]3O[C@H](CO[C@H]4O[C@H](CO)[C@@H](O)[C@H](O)[C@@H]4O[C@@H]4O[C@H](CO)[C@@H](O[C@@H]5O[C@H](CO)[C@H](O)[C@H](O[C@@H]6O[C@H](C(=O)O)[C@@H](O)[C@H](O)[C@H]6O)[C@H]5O)[C@H](O)[C@H]4NC(C)=O)[C@@H](O)[C@H](O[C@H]4O[C@H](CO)[C@@H](O[C@@H]5O[C@H](CO)[C@@H](O)[C@H](O)[C@H]5NC(C)=O)[C@H](O)[C@@H]4O[C@@H]4O[C@H](CO)[C@@H](O[C@@H]5O[C@H](CO)[C@H](O)[C@H](O)[C@H]5O)[C@H](O)[C@H]4NC(C)=O)[C@@H]3O)[C@H](O)[C@H]2NC(C)=O)[C@@H](CO)O[C@H]1O. The van der Waals surface area contributed by atoms with Crippen LogP contribution in [-0.2, 0) is 128 Å². The van der Waals surface area contributed by atoms with E-state index in [4.69, 9.17) is 99.5 Å². The molecule has 0 radical (unpaired) electrons. The Morgan fingerprint density at radius 3 is 0.841 bits per heavy atom. The van der Waals surface area contributed by atoms with E-state index in [0.717, 1.165) is 34.6 Å². The molecule has 11 saturated heterocycles. The van der Waals surface area contributed by atoms with Crippen molar-refractivity contribution in [1.82, 2.24) is 26.6 Å². The molecule has 62 heteroatoms. The minimum Gasteiger partial charge on any atom is -0.479 e. The first-order chi connectivity index (χ1) is 65.2. The molecule has 11 fully saturated rings. The van der Waals surface area contributed by atoms with Crippen molar-refractivity contribution in [1.29, 1.82) is 0 Å². The molecular weight excluding hydrogens is 1890 g/mol. The average molecular weight is 2020 g/mol. The number of ether oxygens (including phenoxy) is 21. The van der Waals surface area contributed by atoms with Gasteiger partial charge in [0.25, 0.3) is 0 Å². The van der Waals surface area contributed by atoms with Crippen LogP contribution in [0.2, 0.25) is 0 Å². The van der Waals surface area contributed by atoms with Crippen LogP contribution in [0.25, 0.3) is 0 Å². The third-order valence-electron chi connectivity index (χ3n) is 25.0. The number of amides is 5. The van der Waals surface area contributed by atoms with Crippen LogP contribution < -0.4 is 26.6 Å². The zero-order valence-electron chi connectivity index (χ0n) is 73.8. The highest BCUT2D eigenvalue weighted by Crippen LogP contribution is 2.42. The lowest BCUT2D eigenvalue weighted by Gasteiger charge is -2.52. The number of aliphatic hydroxyl groups excluding tert-OH is 29. The number of rotatable bonds is 36. The molecule has 0 spiro atoms. The van der Waals surface area contributed by atoms with Gasteiger partial charge in [-0.2, -0.15) is 0 Å². The molecule has 5 amide bonds. The number of carbonyl (C=O) groups excluding carboxylic acids is 5. The van der Waals surface area contributed by atoms with E-state index < -0.39 is 439 Å². The van der Waals surface area contributed by atoms with E-state index in [-0.39, 0.29) is 0 Å². The highest BCUT2D eigenvalue weighted by Gasteiger charge is 2.64. The summed E-state index contributed by atoms with van der Waals surface area (Å²) in [4.78, 5) is 76.8. The number of hydrogen-bond acceptors (Lipinski definition) is 56. The van der Waals surface area contributed by atoms with Crippen molar-refractivity contribution in [3.63, 3.8) is 0 Å². The normalized spacial score (nSPS) is 48.6. The molecular formula is C76H125N5O57. The second kappa shape index (κ2) is 49.3. The van der Waals surface area contributed by atoms with Crippen LogP contribution in [0.15, 0.2) is 0 Å². The topological polar surface area (TPSA) is 963 Å². The molecule has 11 aliphatic heterocycles. The van der Waals surface area contributed by atoms with Crippen LogP contribution in [0.1, 0.15) is 34.6 Å². The Balaban J connectivity index is 0.956. The number of aliphatic carboxylic acids is 1. The molecule has 0 unspecified atom stereocenters. The molecule has 62 nitrogen and oxygen atoms in total. The number of hydrogen-bond donors (Lipinski definition) is 35. The molecule has 35 N–H and O–H groups in total. The predicted molar refractivity (Wildman–Crippen MR) is 421 cm³/mol. The fraction of sp³-hybridized carbons (Fsp3) is 0.921. The van der Waals surface area contributed by atoms with Gasteiger partial charge in [0.2, 0.25) is 29.5 Å². The second-order valence-corrected chi connectivity index (χ2v) is 34.6. The summed E-state index contributed by atoms with van der Waals surface area (Å²) in [6.45, 7) is -7.51. The minimum atomic E-state index is -2.74. The standard InChI is InChI=1S/C76H125N5O57/c1-16(91)77-31-42(102)55(25(10-86)119-66(31)117)129-68-33(79-18(3)93)43(103)58(27(12-88)124-68)133-74-54(114)61(135-76-64(52(112)59(29(14-90)127-76)130-67-32(78-17(2)92)41(101)36(96)21(6-82)120-67)138-70-35(81-20(5)95)44(104)56(26(11-87)126-70)131-71-50(110)46(106)37(97)22(7-83)121-71)40(100)30(128-74)15-118-75-63(48(108)38(98)23(8-84)123-75)137-69-34(80-19(4)94)45(105)57(28(13-89)125-69)132-73-53(113)60(39(99)24(9-85)122-73)134-72-51(111)47(107)49(109)62(136-72)65(115)116/h21-64,66-76,82-90,96-114,117H,6-15H2,1-5H3,(H,77,91)(H,78,92)(H,79,93)(H,80,94)(H,81,95)(H,115,116)/t21-,22-,23-,24-,25-,26-,27-,28-,29-,30-,31-,32-,33-,34-,35-,36-,37+,38-,39+,40-,41-,42-,43-,44-,45-,46+,47+,48+,49+,50-,51-,52+,53-,54+,55-,56-,57-,58-,59-,60+,61+,62+,63+,64+,66-,67+,68+,69+,70+,71+,72-,73+,74+,75+,76-/m1/s1. The summed E-state index contributed by atoms with van der Waals surface area (Å²) < 4.78 is 125. The fourth-order valence-corrected chi connectivity index (χ4v) is 17.8. The summed E-state index contributed by atoms with van der Waals surface area (Å²) in [5, 5.41) is 349. The summed E-state index contributed by atoms with van der Waals surface area (Å²) >= 11 is 0. The summed E-state index contributed by atoms with van der Waals surface area (Å²) in [5.41, 5.74) is 0. The van der Waals surface area contributed by atoms with Gasteiger partial charge in [-0.25, -0.2) is 4.79 Å². The van der Waals surface area contributed by atoms with E-state index in [9.17, 15) is 182 Å². The molecule has 11 rings (SSSR count). The molecule has 11 heterocycles. The lowest BCUT2D eigenvalue weighted by Crippen LogP contribution is -2.71. The fourth-order valence-electron chi connectivity index (χ4n) is 17.8. The van der Waals surface area contributed by atoms with Crippen LogP contribution in [-0.4, -0.2) is 592 Å². The van der Waals surface area contributed by atoms with Gasteiger partial charge in [-0.15, -0.1) is 0 Å². The van der Waals surface area contributed by atoms with Crippen molar-refractivity contribution < 1.29 is 281 Å². The van der Waals surface area contributed by atoms with Crippen LogP contribution in [0.4, 0.5) is 0 Å². The quantitative estimate of drug-likeness (QED) is 0.0277. The molecule has 55 atom stereocenters. The van der Waals surface area contributed by atoms with E-state index in [1.165, 1.54) is 0 Å². The monoisotopic (exact) mass is 2020 g/mol. The van der Waals surface area contributed by atoms with Gasteiger partial charge in [-0.3, -0.25) is 24.0 Å². The van der Waals surface area contributed by atoms with Crippen LogP contribution in [0.5, 0.6) is 0 Å². The lowest BCUT2D eigenvalue weighted by atomic mass is 9.93. The smallest absolute Gasteiger partial charge is 0.335 e. The molecule has 11 aliphatic rings. The maximum Gasteiger partial charge on any atom is 0.335 e. The van der Waals surface area contributed by atoms with Gasteiger partial charge in [0.1, 0.15) is 262 Å². The third kappa shape index (κ3) is 24.9. The van der Waals surface area contributed by atoms with Crippen LogP contribution in [0, 0.1) is 0 Å². The second-order valence-electron chi connectivity index (χ2n) is 34.6. The van der Waals surface area contributed by atoms with Crippen molar-refractivity contribution in [2.45, 2.75) is 372 Å². The maximum absolute atomic E-state index is 13.3. The van der Waals surface area contributed by atoms with E-state index >= 15 is 0 Å². The van der Waals surface area contributed by atoms with E-state index in [1.54, 1.807) is 0 Å². The molecule has 0 aliphatic carbocycles. The van der Waals surface area contributed by atoms with Crippen molar-refractivity contribution >= 4 is 35.5 Å². The number of carbonyl (C=O) groups is 6. The Kier molecular flexibility index (Phi) is 40.5. The Morgan fingerprint density at radius 2 is 0.457 bits per heavy atom. The van der Waals surface area contributed by atoms with Gasteiger partial charge < -0.3 is 279 Å². The average Bonchev–Trinajstić information content (AvgIpc) is 0.758. The number of nitrogens with one attached hydrogen (secondary N) is 5. The van der Waals surface area contributed by atoms with Gasteiger partial charge in [0.05, 0.1) is 66.1 Å². The molecule has 0 bridgehead atoms. The first-order valence-electron chi connectivity index (χ1n) is 43.6. The lowest BCUT2D eigenvalue weighted by molar-refractivity contribution is -0.405. The first-order valence-corrected chi connectivity index (χ1v) is 43.6. The summed E-state index contributed by atoms with van der Waals surface area (Å²) in [5.74, 6) is -6.76. The van der Waals surface area contributed by atoms with Crippen molar-refractivity contribution in [2.24, 2.45) is 0 Å². The van der Waals surface area contributed by atoms with E-state index in [0.29, 0.717) is 0 Å². The van der Waals surface area contributed by atoms with Crippen molar-refractivity contribution in [3.05, 3.63) is 0 Å². The Morgan fingerprint density at radius 1 is 0.210 bits per heavy atom. The molecule has 0 aromatic carbocycles. The summed E-state index contributed by atoms with van der Waals surface area (Å²) in [6, 6.07) is -9.83. The highest BCUT2D eigenvalue weighted by molar-refractivity contribution is 5.75. The van der Waals surface area contributed by atoms with Gasteiger partial charge >= 0.3 is 5.97 Å². The van der Waals surface area contributed by atoms with E-state index in [1.807, 2.05) is 0 Å². The third-order valence-corrected chi connectivity index (χ3v) is 25.0. The first kappa shape index (κ1) is 113. The van der Waals surface area contributed by atoms with Crippen molar-refractivity contribution in [3.8, 4) is 0 Å². The van der Waals surface area contributed by atoms with Gasteiger partial charge in [-0.1, -0.05) is 0 Å². The predicted octanol–water partition coefficient (Wildman–Crippen LogP) is -24.2. The largest absolute Gasteiger partial charge is 0.479 e. The molecule has 138 heavy (non-hydrogen) atoms. The number of carboxylic acids is 1. The van der Waals surface area contributed by atoms with Gasteiger partial charge in [0, 0.05) is 34.6 Å². The van der Waals surface area contributed by atoms with Gasteiger partial charge in [0.15, 0.2) is 75.3 Å². The zero-order valence-corrected chi connectivity index (χ0v) is 73.8. The summed E-state index contributed by atoms with van der Waals surface area (Å²) in [7, 11) is 0. The summed E-state index contributed by atoms with van der Waals surface area (Å²) in [6.07, 6.45) is -111. The molecule has 0 aromatic rings. The van der Waals surface area contributed by atoms with Gasteiger partial charge in [-0.05, 0) is 0 Å². The molecule has 796 valence electrons. The van der Waals surface area contributed by atoms with E-state index in [2.05, 4.69) is 26.6 Å². The minimum absolute atomic E-state index is 0.832. The Hall–Kier alpha value is -5.18. The zero-order chi connectivity index (χ0) is 102. The Bertz CT molecular complexity index is 3880. The highest BCUT2D eigenvalue weighted by atomic mass is 16.8. The van der Waals surface area contributed by atoms with Crippen LogP contribution >= 0.6 is 0 Å². The number of carboxylic acid groups (broad SMARTS) is 1. The molecule has 0 aromatic heterocycles. The number of aliphatic hydroxyl groups is 29. The van der Waals surface area contributed by atoms with Crippen LogP contribution in [0.3, 0.4) is 0 Å². The maximum atomic E-state index is 13.3.